The van der Waals surface area contributed by atoms with E-state index >= 15 is 0 Å². The van der Waals surface area contributed by atoms with Gasteiger partial charge in [0, 0.05) is 18.9 Å². The Hall–Kier alpha value is -1.63. The van der Waals surface area contributed by atoms with Crippen LogP contribution in [0.3, 0.4) is 0 Å². The molecule has 7 nitrogen and oxygen atoms in total. The first kappa shape index (κ1) is 17.4. The monoisotopic (exact) mass is 298 g/mol. The predicted molar refractivity (Wildman–Crippen MR) is 79.8 cm³/mol. The van der Waals surface area contributed by atoms with E-state index in [-0.39, 0.29) is 29.1 Å². The molecule has 0 bridgehead atoms. The topological polar surface area (TPSA) is 108 Å². The van der Waals surface area contributed by atoms with Gasteiger partial charge in [0.2, 0.25) is 11.8 Å². The zero-order valence-corrected chi connectivity index (χ0v) is 13.1. The van der Waals surface area contributed by atoms with Crippen LogP contribution in [-0.2, 0) is 9.59 Å². The standard InChI is InChI=1S/C14H26N4O3/c1-14(2,13(15)17-21)8-4-5-9-16-10-6-7-11(19)18(3)12(10)20/h10,16,21H,4-9H2,1-3H3,(H2,15,17). The number of hydrogen-bond donors (Lipinski definition) is 3. The van der Waals surface area contributed by atoms with Crippen molar-refractivity contribution in [1.82, 2.24) is 10.2 Å². The summed E-state index contributed by atoms with van der Waals surface area (Å²) in [4.78, 5) is 24.4. The normalized spacial score (nSPS) is 21.0. The van der Waals surface area contributed by atoms with Crippen LogP contribution in [0.5, 0.6) is 0 Å². The van der Waals surface area contributed by atoms with Crippen molar-refractivity contribution >= 4 is 17.6 Å². The highest BCUT2D eigenvalue weighted by Crippen LogP contribution is 2.23. The van der Waals surface area contributed by atoms with Crippen LogP contribution < -0.4 is 11.1 Å². The number of amidine groups is 1. The summed E-state index contributed by atoms with van der Waals surface area (Å²) in [5.41, 5.74) is 5.30. The van der Waals surface area contributed by atoms with E-state index in [4.69, 9.17) is 10.9 Å². The van der Waals surface area contributed by atoms with E-state index < -0.39 is 0 Å². The Morgan fingerprint density at radius 2 is 2.14 bits per heavy atom. The molecule has 0 aromatic rings. The largest absolute Gasteiger partial charge is 0.409 e. The van der Waals surface area contributed by atoms with Gasteiger partial charge in [0.25, 0.3) is 0 Å². The Kier molecular flexibility index (Phi) is 6.14. The first-order valence-corrected chi connectivity index (χ1v) is 7.31. The number of unbranched alkanes of at least 4 members (excludes halogenated alkanes) is 1. The summed E-state index contributed by atoms with van der Waals surface area (Å²) in [6.07, 6.45) is 3.59. The fourth-order valence-corrected chi connectivity index (χ4v) is 2.34. The molecular formula is C14H26N4O3. The van der Waals surface area contributed by atoms with Crippen molar-refractivity contribution in [2.45, 2.75) is 52.0 Å². The molecule has 7 heteroatoms. The molecule has 1 fully saturated rings. The Morgan fingerprint density at radius 1 is 1.48 bits per heavy atom. The minimum absolute atomic E-state index is 0.112. The van der Waals surface area contributed by atoms with Gasteiger partial charge in [0.1, 0.15) is 5.84 Å². The van der Waals surface area contributed by atoms with Gasteiger partial charge in [-0.2, -0.15) is 0 Å². The maximum Gasteiger partial charge on any atom is 0.246 e. The molecule has 0 aromatic heterocycles. The zero-order valence-electron chi connectivity index (χ0n) is 13.1. The summed E-state index contributed by atoms with van der Waals surface area (Å²) in [7, 11) is 1.53. The maximum atomic E-state index is 11.9. The number of carbonyl (C=O) groups is 2. The van der Waals surface area contributed by atoms with E-state index in [1.54, 1.807) is 0 Å². The second-order valence-corrected chi connectivity index (χ2v) is 6.16. The average molecular weight is 298 g/mol. The molecule has 21 heavy (non-hydrogen) atoms. The molecule has 1 unspecified atom stereocenters. The number of likely N-dealkylation sites (N-methyl/N-ethyl adjacent to an activating group) is 1. The van der Waals surface area contributed by atoms with Gasteiger partial charge in [-0.15, -0.1) is 0 Å². The van der Waals surface area contributed by atoms with Crippen LogP contribution in [-0.4, -0.2) is 47.4 Å². The Morgan fingerprint density at radius 3 is 2.76 bits per heavy atom. The van der Waals surface area contributed by atoms with E-state index in [0.717, 1.165) is 19.3 Å². The van der Waals surface area contributed by atoms with Crippen LogP contribution in [0.25, 0.3) is 0 Å². The van der Waals surface area contributed by atoms with Gasteiger partial charge in [0.05, 0.1) is 6.04 Å². The third-order valence-corrected chi connectivity index (χ3v) is 4.07. The predicted octanol–water partition coefficient (Wildman–Crippen LogP) is 0.666. The van der Waals surface area contributed by atoms with Crippen molar-refractivity contribution in [3.05, 3.63) is 0 Å². The van der Waals surface area contributed by atoms with Crippen LogP contribution in [0.1, 0.15) is 46.0 Å². The SMILES string of the molecule is CN1C(=O)CCC(NCCCCC(C)(C)C(N)=NO)C1=O. The van der Waals surface area contributed by atoms with E-state index in [1.165, 1.54) is 11.9 Å². The smallest absolute Gasteiger partial charge is 0.246 e. The molecule has 1 heterocycles. The molecule has 1 aliphatic rings. The molecule has 0 aliphatic carbocycles. The third-order valence-electron chi connectivity index (χ3n) is 4.07. The number of nitrogens with zero attached hydrogens (tertiary/aromatic N) is 2. The lowest BCUT2D eigenvalue weighted by molar-refractivity contribution is -0.148. The van der Waals surface area contributed by atoms with Gasteiger partial charge in [-0.05, 0) is 25.8 Å². The number of rotatable bonds is 7. The van der Waals surface area contributed by atoms with Crippen molar-refractivity contribution in [2.75, 3.05) is 13.6 Å². The number of likely N-dealkylation sites (tertiary alicyclic amines) is 1. The molecule has 0 saturated carbocycles. The molecule has 0 spiro atoms. The first-order valence-electron chi connectivity index (χ1n) is 7.31. The molecule has 120 valence electrons. The number of imide groups is 1. The van der Waals surface area contributed by atoms with Crippen LogP contribution >= 0.6 is 0 Å². The lowest BCUT2D eigenvalue weighted by Crippen LogP contribution is -2.51. The quantitative estimate of drug-likeness (QED) is 0.160. The Balaban J connectivity index is 2.26. The minimum Gasteiger partial charge on any atom is -0.409 e. The summed E-state index contributed by atoms with van der Waals surface area (Å²) in [5.74, 6) is -0.0279. The fraction of sp³-hybridized carbons (Fsp3) is 0.786. The first-order chi connectivity index (χ1) is 9.79. The second-order valence-electron chi connectivity index (χ2n) is 6.16. The van der Waals surface area contributed by atoms with Crippen molar-refractivity contribution in [3.8, 4) is 0 Å². The van der Waals surface area contributed by atoms with E-state index in [2.05, 4.69) is 10.5 Å². The highest BCUT2D eigenvalue weighted by molar-refractivity contribution is 6.00. The van der Waals surface area contributed by atoms with Gasteiger partial charge < -0.3 is 16.3 Å². The number of amides is 2. The summed E-state index contributed by atoms with van der Waals surface area (Å²) in [6.45, 7) is 4.58. The number of oxime groups is 1. The van der Waals surface area contributed by atoms with Crippen molar-refractivity contribution < 1.29 is 14.8 Å². The van der Waals surface area contributed by atoms with Crippen molar-refractivity contribution in [2.24, 2.45) is 16.3 Å². The van der Waals surface area contributed by atoms with Gasteiger partial charge >= 0.3 is 0 Å². The number of hydrogen-bond acceptors (Lipinski definition) is 5. The minimum atomic E-state index is -0.331. The Bertz CT molecular complexity index is 420. The Labute approximate surface area is 125 Å². The van der Waals surface area contributed by atoms with Crippen LogP contribution in [0.2, 0.25) is 0 Å². The molecule has 1 saturated heterocycles. The molecular weight excluding hydrogens is 272 g/mol. The molecule has 1 rings (SSSR count). The third kappa shape index (κ3) is 4.70. The van der Waals surface area contributed by atoms with Crippen LogP contribution in [0.4, 0.5) is 0 Å². The molecule has 0 aromatic carbocycles. The van der Waals surface area contributed by atoms with Crippen molar-refractivity contribution in [3.63, 3.8) is 0 Å². The molecule has 0 radical (unpaired) electrons. The molecule has 4 N–H and O–H groups in total. The van der Waals surface area contributed by atoms with Gasteiger partial charge in [-0.3, -0.25) is 14.5 Å². The zero-order chi connectivity index (χ0) is 16.0. The van der Waals surface area contributed by atoms with Gasteiger partial charge in [-0.25, -0.2) is 0 Å². The number of piperidine rings is 1. The van der Waals surface area contributed by atoms with E-state index in [0.29, 0.717) is 19.4 Å². The van der Waals surface area contributed by atoms with Gasteiger partial charge in [-0.1, -0.05) is 25.4 Å². The average Bonchev–Trinajstić information content (AvgIpc) is 2.45. The maximum absolute atomic E-state index is 11.9. The number of nitrogens with two attached hydrogens (primary N) is 1. The highest BCUT2D eigenvalue weighted by atomic mass is 16.4. The summed E-state index contributed by atoms with van der Waals surface area (Å²) in [6, 6.07) is -0.259. The van der Waals surface area contributed by atoms with Gasteiger partial charge in [0.15, 0.2) is 0 Å². The highest BCUT2D eigenvalue weighted by Gasteiger charge is 2.31. The van der Waals surface area contributed by atoms with E-state index in [1.807, 2.05) is 13.8 Å². The van der Waals surface area contributed by atoms with E-state index in [9.17, 15) is 9.59 Å². The van der Waals surface area contributed by atoms with Crippen LogP contribution in [0.15, 0.2) is 5.16 Å². The molecule has 1 aliphatic heterocycles. The second kappa shape index (κ2) is 7.40. The number of nitrogens with one attached hydrogen (secondary N) is 1. The lowest BCUT2D eigenvalue weighted by atomic mass is 9.86. The lowest BCUT2D eigenvalue weighted by Gasteiger charge is -2.28. The molecule has 2 amide bonds. The number of carbonyl (C=O) groups excluding carboxylic acids is 2. The fourth-order valence-electron chi connectivity index (χ4n) is 2.34. The molecule has 1 atom stereocenters. The summed E-state index contributed by atoms with van der Waals surface area (Å²) in [5, 5.41) is 15.0. The summed E-state index contributed by atoms with van der Waals surface area (Å²) >= 11 is 0. The van der Waals surface area contributed by atoms with Crippen molar-refractivity contribution in [1.29, 1.82) is 0 Å². The van der Waals surface area contributed by atoms with Crippen LogP contribution in [0, 0.1) is 5.41 Å². The summed E-state index contributed by atoms with van der Waals surface area (Å²) < 4.78 is 0.